The Balaban J connectivity index is 1.21. The molecule has 1 atom stereocenters. The van der Waals surface area contributed by atoms with Gasteiger partial charge in [0.25, 0.3) is 5.91 Å². The van der Waals surface area contributed by atoms with Crippen molar-refractivity contribution in [3.05, 3.63) is 107 Å². The van der Waals surface area contributed by atoms with E-state index in [4.69, 9.17) is 4.74 Å². The van der Waals surface area contributed by atoms with Crippen molar-refractivity contribution in [2.45, 2.75) is 35.7 Å². The third-order valence-electron chi connectivity index (χ3n) is 8.14. The van der Waals surface area contributed by atoms with Gasteiger partial charge in [0.2, 0.25) is 25.5 Å². The Bertz CT molecular complexity index is 2350. The van der Waals surface area contributed by atoms with Gasteiger partial charge in [0.15, 0.2) is 5.95 Å². The van der Waals surface area contributed by atoms with E-state index in [2.05, 4.69) is 30.0 Å². The summed E-state index contributed by atoms with van der Waals surface area (Å²) in [4.78, 5) is 45.3. The van der Waals surface area contributed by atoms with E-state index in [1.54, 1.807) is 54.3 Å². The van der Waals surface area contributed by atoms with Gasteiger partial charge in [0.05, 0.1) is 15.3 Å². The van der Waals surface area contributed by atoms with Gasteiger partial charge >= 0.3 is 5.97 Å². The molecule has 0 aliphatic rings. The van der Waals surface area contributed by atoms with Gasteiger partial charge in [-0.25, -0.2) is 26.5 Å². The summed E-state index contributed by atoms with van der Waals surface area (Å²) in [6.45, 7) is 2.84. The molecule has 0 radical (unpaired) electrons. The van der Waals surface area contributed by atoms with Gasteiger partial charge in [-0.3, -0.25) is 14.4 Å². The van der Waals surface area contributed by atoms with Crippen molar-refractivity contribution >= 4 is 48.8 Å². The Hall–Kier alpha value is -5.40. The molecule has 2 heterocycles. The number of hydrogen-bond acceptors (Lipinski definition) is 10. The van der Waals surface area contributed by atoms with E-state index in [-0.39, 0.29) is 27.3 Å². The van der Waals surface area contributed by atoms with E-state index < -0.39 is 49.9 Å². The molecule has 5 aromatic rings. The van der Waals surface area contributed by atoms with Crippen molar-refractivity contribution in [1.82, 2.24) is 29.3 Å². The summed E-state index contributed by atoms with van der Waals surface area (Å²) in [6.07, 6.45) is 5.15. The van der Waals surface area contributed by atoms with Gasteiger partial charge in [-0.2, -0.15) is 4.72 Å². The summed E-state index contributed by atoms with van der Waals surface area (Å²) < 4.78 is 62.9. The Kier molecular flexibility index (Phi) is 12.4. The third-order valence-corrected chi connectivity index (χ3v) is 11.1. The maximum atomic E-state index is 13.3. The van der Waals surface area contributed by atoms with Crippen LogP contribution in [-0.2, 0) is 43.2 Å². The number of rotatable bonds is 18. The first-order chi connectivity index (χ1) is 25.3. The fraction of sp³-hybridized carbons (Fsp3) is 0.257. The SMILES string of the molecule is CCOCCCNS(=O)(=O)c1ccc(-c2ccc(S(=O)(=O)NC(CNC(=O)c3cn(C)c4cc(CNc5ncc[nH]5)ccc4c3=O)C(=O)O)cc2)cc1. The molecule has 280 valence electrons. The van der Waals surface area contributed by atoms with Gasteiger partial charge in [-0.15, -0.1) is 0 Å². The minimum atomic E-state index is -4.38. The highest BCUT2D eigenvalue weighted by Crippen LogP contribution is 2.23. The van der Waals surface area contributed by atoms with Crippen molar-refractivity contribution in [2.75, 3.05) is 31.6 Å². The maximum Gasteiger partial charge on any atom is 0.323 e. The number of aromatic nitrogens is 3. The van der Waals surface area contributed by atoms with Crippen molar-refractivity contribution in [3.8, 4) is 11.1 Å². The molecule has 0 saturated heterocycles. The summed E-state index contributed by atoms with van der Waals surface area (Å²) in [6, 6.07) is 14.9. The van der Waals surface area contributed by atoms with Crippen LogP contribution in [0.3, 0.4) is 0 Å². The molecular weight excluding hydrogens is 727 g/mol. The second-order valence-corrected chi connectivity index (χ2v) is 15.3. The first-order valence-corrected chi connectivity index (χ1v) is 19.4. The number of aryl methyl sites for hydroxylation is 1. The van der Waals surface area contributed by atoms with Crippen LogP contribution in [-0.4, -0.2) is 80.7 Å². The normalized spacial score (nSPS) is 12.4. The molecule has 0 aliphatic heterocycles. The van der Waals surface area contributed by atoms with Gasteiger partial charge < -0.3 is 30.0 Å². The van der Waals surface area contributed by atoms with Crippen LogP contribution >= 0.6 is 0 Å². The highest BCUT2D eigenvalue weighted by Gasteiger charge is 2.27. The summed E-state index contributed by atoms with van der Waals surface area (Å²) in [5, 5.41) is 15.5. The molecular formula is C35H39N7O9S2. The first-order valence-electron chi connectivity index (χ1n) is 16.5. The van der Waals surface area contributed by atoms with Crippen molar-refractivity contribution in [2.24, 2.45) is 7.05 Å². The molecule has 0 fully saturated rings. The number of sulfonamides is 2. The van der Waals surface area contributed by atoms with E-state index >= 15 is 0 Å². The molecule has 1 amide bonds. The molecule has 18 heteroatoms. The number of imidazole rings is 1. The van der Waals surface area contributed by atoms with Gasteiger partial charge in [0.1, 0.15) is 11.6 Å². The zero-order chi connectivity index (χ0) is 38.2. The summed E-state index contributed by atoms with van der Waals surface area (Å²) in [5.41, 5.74) is 1.80. The molecule has 0 bridgehead atoms. The number of pyridine rings is 1. The molecule has 5 rings (SSSR count). The number of benzene rings is 3. The number of hydrogen-bond donors (Lipinski definition) is 6. The van der Waals surface area contributed by atoms with E-state index in [0.29, 0.717) is 48.8 Å². The summed E-state index contributed by atoms with van der Waals surface area (Å²) in [5.74, 6) is -1.84. The van der Waals surface area contributed by atoms with Gasteiger partial charge in [0, 0.05) is 63.9 Å². The van der Waals surface area contributed by atoms with Crippen LogP contribution in [0.4, 0.5) is 5.95 Å². The number of ether oxygens (including phenoxy) is 1. The highest BCUT2D eigenvalue weighted by molar-refractivity contribution is 7.89. The first kappa shape index (κ1) is 38.8. The largest absolute Gasteiger partial charge is 0.480 e. The Morgan fingerprint density at radius 2 is 1.62 bits per heavy atom. The van der Waals surface area contributed by atoms with E-state index in [0.717, 1.165) is 5.56 Å². The van der Waals surface area contributed by atoms with Crippen LogP contribution in [0.15, 0.2) is 99.9 Å². The Labute approximate surface area is 305 Å². The minimum Gasteiger partial charge on any atom is -0.480 e. The van der Waals surface area contributed by atoms with Crippen molar-refractivity contribution < 1.29 is 36.3 Å². The number of aliphatic carboxylic acids is 1. The molecule has 2 aromatic heterocycles. The van der Waals surface area contributed by atoms with Crippen LogP contribution in [0, 0.1) is 0 Å². The number of carboxylic acids is 1. The number of nitrogens with one attached hydrogen (secondary N) is 5. The molecule has 0 aliphatic carbocycles. The number of carbonyl (C=O) groups excluding carboxylic acids is 1. The van der Waals surface area contributed by atoms with Crippen LogP contribution in [0.5, 0.6) is 0 Å². The molecule has 3 aromatic carbocycles. The summed E-state index contributed by atoms with van der Waals surface area (Å²) in [7, 11) is -6.45. The fourth-order valence-electron chi connectivity index (χ4n) is 5.33. The minimum absolute atomic E-state index is 0.0677. The van der Waals surface area contributed by atoms with Crippen LogP contribution in [0.1, 0.15) is 29.3 Å². The van der Waals surface area contributed by atoms with E-state index in [1.165, 1.54) is 42.6 Å². The molecule has 0 saturated carbocycles. The smallest absolute Gasteiger partial charge is 0.323 e. The number of amides is 1. The van der Waals surface area contributed by atoms with Gasteiger partial charge in [-0.1, -0.05) is 30.3 Å². The zero-order valence-corrected chi connectivity index (χ0v) is 30.5. The lowest BCUT2D eigenvalue weighted by molar-refractivity contribution is -0.138. The second kappa shape index (κ2) is 17.0. The van der Waals surface area contributed by atoms with E-state index in [1.807, 2.05) is 6.92 Å². The quantitative estimate of drug-likeness (QED) is 0.0710. The van der Waals surface area contributed by atoms with E-state index in [9.17, 15) is 36.3 Å². The lowest BCUT2D eigenvalue weighted by atomic mass is 10.1. The number of carboxylic acid groups (broad SMARTS) is 1. The highest BCUT2D eigenvalue weighted by atomic mass is 32.2. The lowest BCUT2D eigenvalue weighted by Crippen LogP contribution is -2.48. The Morgan fingerprint density at radius 1 is 0.962 bits per heavy atom. The lowest BCUT2D eigenvalue weighted by Gasteiger charge is -2.16. The fourth-order valence-corrected chi connectivity index (χ4v) is 7.60. The molecule has 6 N–H and O–H groups in total. The van der Waals surface area contributed by atoms with Crippen molar-refractivity contribution in [3.63, 3.8) is 0 Å². The number of aromatic amines is 1. The standard InChI is InChI=1S/C35H39N7O9S2/c1-3-51-18-4-15-40-52(47,48)26-10-6-24(7-11-26)25-8-12-27(13-9-25)53(49,50)41-30(34(45)46)21-38-33(44)29-22-42(2)31-19-23(5-14-28(31)32(29)43)20-39-35-36-16-17-37-35/h5-14,16-17,19,22,30,40-41H,3-4,15,18,20-21H2,1-2H3,(H,38,44)(H,45,46)(H2,36,37,39). The predicted molar refractivity (Wildman–Crippen MR) is 197 cm³/mol. The molecule has 1 unspecified atom stereocenters. The summed E-state index contributed by atoms with van der Waals surface area (Å²) >= 11 is 0. The third kappa shape index (κ3) is 9.73. The molecule has 53 heavy (non-hydrogen) atoms. The predicted octanol–water partition coefficient (Wildman–Crippen LogP) is 2.41. The number of H-pyrrole nitrogens is 1. The maximum absolute atomic E-state index is 13.3. The number of carbonyl (C=O) groups is 2. The number of fused-ring (bicyclic) bond motifs is 1. The molecule has 16 nitrogen and oxygen atoms in total. The second-order valence-electron chi connectivity index (χ2n) is 11.8. The monoisotopic (exact) mass is 765 g/mol. The zero-order valence-electron chi connectivity index (χ0n) is 28.8. The van der Waals surface area contributed by atoms with Crippen LogP contribution in [0.25, 0.3) is 22.0 Å². The average Bonchev–Trinajstić information content (AvgIpc) is 3.67. The van der Waals surface area contributed by atoms with Crippen molar-refractivity contribution in [1.29, 1.82) is 0 Å². The topological polar surface area (TPSA) is 231 Å². The number of nitrogens with zero attached hydrogens (tertiary/aromatic N) is 2. The molecule has 0 spiro atoms. The van der Waals surface area contributed by atoms with Gasteiger partial charge in [-0.05, 0) is 66.4 Å². The Morgan fingerprint density at radius 3 is 2.23 bits per heavy atom. The van der Waals surface area contributed by atoms with Crippen LogP contribution < -0.4 is 25.5 Å². The van der Waals surface area contributed by atoms with Crippen LogP contribution in [0.2, 0.25) is 0 Å². The number of anilines is 1. The average molecular weight is 766 g/mol.